The van der Waals surface area contributed by atoms with Crippen molar-refractivity contribution < 1.29 is 14.3 Å². The third-order valence-electron chi connectivity index (χ3n) is 3.14. The molecule has 0 unspecified atom stereocenters. The van der Waals surface area contributed by atoms with Crippen molar-refractivity contribution in [1.29, 1.82) is 0 Å². The summed E-state index contributed by atoms with van der Waals surface area (Å²) in [6.45, 7) is 5.46. The summed E-state index contributed by atoms with van der Waals surface area (Å²) in [6.07, 6.45) is 0. The third kappa shape index (κ3) is 2.87. The maximum atomic E-state index is 13.4. The van der Waals surface area contributed by atoms with Crippen molar-refractivity contribution in [2.45, 2.75) is 26.8 Å². The fraction of sp³-hybridized carbons (Fsp3) is 0.333. The SMILES string of the molecule is Cc1cc(N[C@H](C(=O)O)C(C)C)c2cc(F)ccc2n1. The van der Waals surface area contributed by atoms with E-state index in [2.05, 4.69) is 10.3 Å². The molecule has 1 aromatic carbocycles. The molecule has 106 valence electrons. The van der Waals surface area contributed by atoms with Crippen LogP contribution < -0.4 is 5.32 Å². The van der Waals surface area contributed by atoms with Crippen molar-refractivity contribution in [3.8, 4) is 0 Å². The molecule has 2 rings (SSSR count). The number of nitrogens with zero attached hydrogens (tertiary/aromatic N) is 1. The molecule has 1 aromatic heterocycles. The summed E-state index contributed by atoms with van der Waals surface area (Å²) in [7, 11) is 0. The van der Waals surface area contributed by atoms with Gasteiger partial charge in [0.15, 0.2) is 0 Å². The van der Waals surface area contributed by atoms with Gasteiger partial charge < -0.3 is 10.4 Å². The quantitative estimate of drug-likeness (QED) is 0.900. The lowest BCUT2D eigenvalue weighted by molar-refractivity contribution is -0.138. The number of hydrogen-bond acceptors (Lipinski definition) is 3. The van der Waals surface area contributed by atoms with E-state index < -0.39 is 12.0 Å². The lowest BCUT2D eigenvalue weighted by atomic mass is 10.0. The molecule has 0 aliphatic heterocycles. The van der Waals surface area contributed by atoms with E-state index in [1.807, 2.05) is 20.8 Å². The van der Waals surface area contributed by atoms with E-state index in [0.29, 0.717) is 16.6 Å². The van der Waals surface area contributed by atoms with Crippen molar-refractivity contribution in [1.82, 2.24) is 4.98 Å². The van der Waals surface area contributed by atoms with E-state index >= 15 is 0 Å². The molecule has 0 saturated carbocycles. The van der Waals surface area contributed by atoms with Gasteiger partial charge in [0, 0.05) is 16.8 Å². The van der Waals surface area contributed by atoms with E-state index in [0.717, 1.165) is 5.69 Å². The monoisotopic (exact) mass is 276 g/mol. The van der Waals surface area contributed by atoms with Gasteiger partial charge in [0.1, 0.15) is 11.9 Å². The summed E-state index contributed by atoms with van der Waals surface area (Å²) in [5.74, 6) is -1.40. The second-order valence-electron chi connectivity index (χ2n) is 5.18. The van der Waals surface area contributed by atoms with Crippen LogP contribution in [0.15, 0.2) is 24.3 Å². The number of rotatable bonds is 4. The van der Waals surface area contributed by atoms with Gasteiger partial charge in [0.25, 0.3) is 0 Å². The average molecular weight is 276 g/mol. The zero-order valence-corrected chi connectivity index (χ0v) is 11.6. The molecule has 1 atom stereocenters. The van der Waals surface area contributed by atoms with Crippen LogP contribution in [0.2, 0.25) is 0 Å². The fourth-order valence-electron chi connectivity index (χ4n) is 2.13. The molecule has 0 saturated heterocycles. The first-order valence-corrected chi connectivity index (χ1v) is 6.44. The van der Waals surface area contributed by atoms with Crippen LogP contribution in [0.3, 0.4) is 0 Å². The number of carboxylic acids is 1. The van der Waals surface area contributed by atoms with Crippen LogP contribution in [0.5, 0.6) is 0 Å². The summed E-state index contributed by atoms with van der Waals surface area (Å²) >= 11 is 0. The maximum Gasteiger partial charge on any atom is 0.326 e. The van der Waals surface area contributed by atoms with Crippen molar-refractivity contribution in [3.05, 3.63) is 35.8 Å². The number of aromatic nitrogens is 1. The Morgan fingerprint density at radius 1 is 1.35 bits per heavy atom. The summed E-state index contributed by atoms with van der Waals surface area (Å²) in [5.41, 5.74) is 1.98. The summed E-state index contributed by atoms with van der Waals surface area (Å²) in [4.78, 5) is 15.6. The molecule has 0 radical (unpaired) electrons. The van der Waals surface area contributed by atoms with Gasteiger partial charge in [-0.05, 0) is 37.1 Å². The van der Waals surface area contributed by atoms with Crippen molar-refractivity contribution in [3.63, 3.8) is 0 Å². The minimum Gasteiger partial charge on any atom is -0.480 e. The number of aliphatic carboxylic acids is 1. The van der Waals surface area contributed by atoms with Gasteiger partial charge in [-0.2, -0.15) is 0 Å². The molecular weight excluding hydrogens is 259 g/mol. The molecule has 0 spiro atoms. The molecule has 20 heavy (non-hydrogen) atoms. The van der Waals surface area contributed by atoms with Gasteiger partial charge in [-0.3, -0.25) is 4.98 Å². The molecule has 4 nitrogen and oxygen atoms in total. The van der Waals surface area contributed by atoms with E-state index in [1.54, 1.807) is 12.1 Å². The number of carbonyl (C=O) groups is 1. The molecule has 2 N–H and O–H groups in total. The first-order valence-electron chi connectivity index (χ1n) is 6.44. The summed E-state index contributed by atoms with van der Waals surface area (Å²) < 4.78 is 13.4. The Hall–Kier alpha value is -2.17. The number of benzene rings is 1. The summed E-state index contributed by atoms with van der Waals surface area (Å²) in [5, 5.41) is 12.8. The van der Waals surface area contributed by atoms with Crippen molar-refractivity contribution in [2.24, 2.45) is 5.92 Å². The van der Waals surface area contributed by atoms with Crippen LogP contribution >= 0.6 is 0 Å². The first-order chi connectivity index (χ1) is 9.38. The second kappa shape index (κ2) is 5.45. The van der Waals surface area contributed by atoms with E-state index in [-0.39, 0.29) is 11.7 Å². The lowest BCUT2D eigenvalue weighted by Crippen LogP contribution is -2.34. The van der Waals surface area contributed by atoms with Crippen LogP contribution in [-0.2, 0) is 4.79 Å². The standard InChI is InChI=1S/C15H17FN2O2/c1-8(2)14(15(19)20)18-13-6-9(3)17-12-5-4-10(16)7-11(12)13/h4-8,14H,1-3H3,(H,17,18)(H,19,20)/t14-/m0/s1. The zero-order chi connectivity index (χ0) is 14.9. The predicted molar refractivity (Wildman–Crippen MR) is 76.3 cm³/mol. The van der Waals surface area contributed by atoms with Gasteiger partial charge in [0.05, 0.1) is 5.52 Å². The van der Waals surface area contributed by atoms with Gasteiger partial charge in [-0.25, -0.2) is 9.18 Å². The van der Waals surface area contributed by atoms with Crippen LogP contribution in [0.1, 0.15) is 19.5 Å². The Balaban J connectivity index is 2.52. The Bertz CT molecular complexity index is 656. The Kier molecular flexibility index (Phi) is 3.88. The number of aryl methyl sites for hydroxylation is 1. The molecule has 0 amide bonds. The maximum absolute atomic E-state index is 13.4. The van der Waals surface area contributed by atoms with Gasteiger partial charge >= 0.3 is 5.97 Å². The van der Waals surface area contributed by atoms with Crippen LogP contribution in [0.25, 0.3) is 10.9 Å². The Labute approximate surface area is 116 Å². The highest BCUT2D eigenvalue weighted by molar-refractivity contribution is 5.93. The molecule has 0 fully saturated rings. The highest BCUT2D eigenvalue weighted by Gasteiger charge is 2.22. The van der Waals surface area contributed by atoms with Crippen molar-refractivity contribution in [2.75, 3.05) is 5.32 Å². The topological polar surface area (TPSA) is 62.2 Å². The van der Waals surface area contributed by atoms with Crippen LogP contribution in [-0.4, -0.2) is 22.1 Å². The van der Waals surface area contributed by atoms with E-state index in [4.69, 9.17) is 0 Å². The average Bonchev–Trinajstić information content (AvgIpc) is 2.35. The number of hydrogen-bond donors (Lipinski definition) is 2. The zero-order valence-electron chi connectivity index (χ0n) is 11.6. The lowest BCUT2D eigenvalue weighted by Gasteiger charge is -2.20. The van der Waals surface area contributed by atoms with Gasteiger partial charge in [-0.15, -0.1) is 0 Å². The number of fused-ring (bicyclic) bond motifs is 1. The minimum atomic E-state index is -0.931. The highest BCUT2D eigenvalue weighted by Crippen LogP contribution is 2.25. The molecule has 1 heterocycles. The third-order valence-corrected chi connectivity index (χ3v) is 3.14. The van der Waals surface area contributed by atoms with Gasteiger partial charge in [0.2, 0.25) is 0 Å². The fourth-order valence-corrected chi connectivity index (χ4v) is 2.13. The number of anilines is 1. The molecule has 0 aliphatic rings. The molecular formula is C15H17FN2O2. The molecule has 0 aliphatic carbocycles. The molecule has 2 aromatic rings. The van der Waals surface area contributed by atoms with Crippen molar-refractivity contribution >= 4 is 22.6 Å². The summed E-state index contributed by atoms with van der Waals surface area (Å²) in [6, 6.07) is 5.30. The predicted octanol–water partition coefficient (Wildman–Crippen LogP) is 3.20. The first kappa shape index (κ1) is 14.2. The smallest absolute Gasteiger partial charge is 0.326 e. The number of carboxylic acid groups (broad SMARTS) is 1. The molecule has 5 heteroatoms. The largest absolute Gasteiger partial charge is 0.480 e. The second-order valence-corrected chi connectivity index (χ2v) is 5.18. The Morgan fingerprint density at radius 3 is 2.65 bits per heavy atom. The normalized spacial score (nSPS) is 12.7. The number of halogens is 1. The number of pyridine rings is 1. The van der Waals surface area contributed by atoms with E-state index in [9.17, 15) is 14.3 Å². The van der Waals surface area contributed by atoms with Crippen LogP contribution in [0, 0.1) is 18.7 Å². The van der Waals surface area contributed by atoms with Gasteiger partial charge in [-0.1, -0.05) is 13.8 Å². The van der Waals surface area contributed by atoms with E-state index in [1.165, 1.54) is 12.1 Å². The number of nitrogens with one attached hydrogen (secondary N) is 1. The Morgan fingerprint density at radius 2 is 2.05 bits per heavy atom. The highest BCUT2D eigenvalue weighted by atomic mass is 19.1. The van der Waals surface area contributed by atoms with Crippen LogP contribution in [0.4, 0.5) is 10.1 Å². The molecule has 0 bridgehead atoms. The minimum absolute atomic E-state index is 0.0930.